The largest absolute Gasteiger partial charge is 0.478 e. The third-order valence-electron chi connectivity index (χ3n) is 2.27. The lowest BCUT2D eigenvalue weighted by Crippen LogP contribution is -2.13. The van der Waals surface area contributed by atoms with Crippen molar-refractivity contribution in [2.45, 2.75) is 6.92 Å². The zero-order valence-electron chi connectivity index (χ0n) is 10.2. The summed E-state index contributed by atoms with van der Waals surface area (Å²) in [5, 5.41) is 11.8. The molecule has 0 saturated carbocycles. The molecule has 96 valence electrons. The van der Waals surface area contributed by atoms with Crippen LogP contribution in [-0.4, -0.2) is 17.5 Å². The van der Waals surface area contributed by atoms with Crippen molar-refractivity contribution < 1.29 is 9.53 Å². The van der Waals surface area contributed by atoms with Crippen molar-refractivity contribution in [1.29, 1.82) is 5.26 Å². The van der Waals surface area contributed by atoms with Crippen LogP contribution < -0.4 is 10.1 Å². The fraction of sp³-hybridized carbons (Fsp3) is 0.154. The number of benzene rings is 1. The molecule has 2 rings (SSSR count). The van der Waals surface area contributed by atoms with Gasteiger partial charge in [0.2, 0.25) is 0 Å². The van der Waals surface area contributed by atoms with E-state index in [0.717, 1.165) is 4.88 Å². The van der Waals surface area contributed by atoms with Crippen LogP contribution in [0.5, 0.6) is 5.75 Å². The van der Waals surface area contributed by atoms with Crippen molar-refractivity contribution in [2.24, 2.45) is 0 Å². The number of aromatic nitrogens is 1. The molecule has 1 aromatic heterocycles. The molecule has 0 unspecified atom stereocenters. The number of rotatable bonds is 4. The smallest absolute Gasteiger partial charge is 0.261 e. The molecule has 1 heterocycles. The van der Waals surface area contributed by atoms with Gasteiger partial charge in [-0.15, -0.1) is 11.3 Å². The van der Waals surface area contributed by atoms with Gasteiger partial charge in [-0.3, -0.25) is 10.1 Å². The minimum Gasteiger partial charge on any atom is -0.478 e. The van der Waals surface area contributed by atoms with Gasteiger partial charge in [-0.1, -0.05) is 12.1 Å². The Bertz CT molecular complexity index is 631. The second-order valence-corrected chi connectivity index (χ2v) is 4.91. The van der Waals surface area contributed by atoms with Crippen LogP contribution in [0.1, 0.15) is 15.2 Å². The summed E-state index contributed by atoms with van der Waals surface area (Å²) in [4.78, 5) is 17.2. The maximum atomic E-state index is 12.1. The number of nitriles is 1. The lowest BCUT2D eigenvalue weighted by molar-refractivity contribution is 0.102. The molecule has 0 atom stereocenters. The second kappa shape index (κ2) is 5.98. The van der Waals surface area contributed by atoms with E-state index in [1.165, 1.54) is 11.3 Å². The lowest BCUT2D eigenvalue weighted by Gasteiger charge is -2.08. The molecule has 1 amide bonds. The van der Waals surface area contributed by atoms with Gasteiger partial charge in [0.05, 0.1) is 5.56 Å². The number of anilines is 1. The number of nitrogens with one attached hydrogen (secondary N) is 1. The number of para-hydroxylation sites is 1. The van der Waals surface area contributed by atoms with Gasteiger partial charge < -0.3 is 4.74 Å². The van der Waals surface area contributed by atoms with Crippen molar-refractivity contribution >= 4 is 22.4 Å². The molecule has 0 aliphatic carbocycles. The summed E-state index contributed by atoms with van der Waals surface area (Å²) in [6, 6.07) is 8.65. The van der Waals surface area contributed by atoms with Gasteiger partial charge in [0.15, 0.2) is 11.7 Å². The summed E-state index contributed by atoms with van der Waals surface area (Å²) >= 11 is 1.40. The van der Waals surface area contributed by atoms with Gasteiger partial charge in [0, 0.05) is 11.1 Å². The Morgan fingerprint density at radius 3 is 3.00 bits per heavy atom. The van der Waals surface area contributed by atoms with Crippen LogP contribution in [0, 0.1) is 18.3 Å². The van der Waals surface area contributed by atoms with E-state index in [9.17, 15) is 4.79 Å². The van der Waals surface area contributed by atoms with Crippen LogP contribution in [0.25, 0.3) is 0 Å². The van der Waals surface area contributed by atoms with E-state index in [4.69, 9.17) is 10.00 Å². The molecule has 0 aliphatic heterocycles. The number of hydrogen-bond acceptors (Lipinski definition) is 5. The van der Waals surface area contributed by atoms with Gasteiger partial charge in [-0.05, 0) is 19.1 Å². The average Bonchev–Trinajstić information content (AvgIpc) is 2.82. The standard InChI is InChI=1S/C13H11N3O2S/c1-9-8-15-13(19-9)16-12(17)10-4-2-3-5-11(10)18-7-6-14/h2-5,8H,7H2,1H3,(H,15,16,17). The van der Waals surface area contributed by atoms with Crippen LogP contribution in [0.15, 0.2) is 30.5 Å². The van der Waals surface area contributed by atoms with Gasteiger partial charge in [0.25, 0.3) is 5.91 Å². The summed E-state index contributed by atoms with van der Waals surface area (Å²) in [5.41, 5.74) is 0.380. The predicted molar refractivity (Wildman–Crippen MR) is 72.4 cm³/mol. The third kappa shape index (κ3) is 3.30. The number of ether oxygens (including phenoxy) is 1. The van der Waals surface area contributed by atoms with Gasteiger partial charge in [0.1, 0.15) is 11.8 Å². The summed E-state index contributed by atoms with van der Waals surface area (Å²) in [6.45, 7) is 1.82. The molecular weight excluding hydrogens is 262 g/mol. The molecule has 0 radical (unpaired) electrons. The highest BCUT2D eigenvalue weighted by molar-refractivity contribution is 7.15. The van der Waals surface area contributed by atoms with Crippen LogP contribution in [-0.2, 0) is 0 Å². The number of thiazole rings is 1. The highest BCUT2D eigenvalue weighted by Crippen LogP contribution is 2.21. The maximum absolute atomic E-state index is 12.1. The summed E-state index contributed by atoms with van der Waals surface area (Å²) < 4.78 is 5.21. The first kappa shape index (κ1) is 13.1. The zero-order chi connectivity index (χ0) is 13.7. The molecular formula is C13H11N3O2S. The molecule has 0 bridgehead atoms. The van der Waals surface area contributed by atoms with E-state index in [2.05, 4.69) is 10.3 Å². The van der Waals surface area contributed by atoms with E-state index in [-0.39, 0.29) is 12.5 Å². The molecule has 2 aromatic rings. The lowest BCUT2D eigenvalue weighted by atomic mass is 10.2. The van der Waals surface area contributed by atoms with E-state index in [0.29, 0.717) is 16.4 Å². The minimum atomic E-state index is -0.303. The number of hydrogen-bond donors (Lipinski definition) is 1. The topological polar surface area (TPSA) is 75.0 Å². The fourth-order valence-corrected chi connectivity index (χ4v) is 2.13. The molecule has 0 spiro atoms. The second-order valence-electron chi connectivity index (χ2n) is 3.67. The first-order chi connectivity index (χ1) is 9.20. The Kier molecular flexibility index (Phi) is 4.11. The first-order valence-corrected chi connectivity index (χ1v) is 6.35. The van der Waals surface area contributed by atoms with Crippen LogP contribution in [0.2, 0.25) is 0 Å². The first-order valence-electron chi connectivity index (χ1n) is 5.53. The predicted octanol–water partition coefficient (Wildman–Crippen LogP) is 2.61. The molecule has 1 N–H and O–H groups in total. The molecule has 6 heteroatoms. The number of aryl methyl sites for hydroxylation is 1. The van der Waals surface area contributed by atoms with Crippen molar-refractivity contribution in [3.63, 3.8) is 0 Å². The summed E-state index contributed by atoms with van der Waals surface area (Å²) in [6.07, 6.45) is 1.69. The molecule has 1 aromatic carbocycles. The van der Waals surface area contributed by atoms with Crippen molar-refractivity contribution in [1.82, 2.24) is 4.98 Å². The molecule has 0 saturated heterocycles. The van der Waals surface area contributed by atoms with Crippen LogP contribution in [0.4, 0.5) is 5.13 Å². The van der Waals surface area contributed by atoms with Crippen molar-refractivity contribution in [3.8, 4) is 11.8 Å². The van der Waals surface area contributed by atoms with Crippen molar-refractivity contribution in [3.05, 3.63) is 40.9 Å². The van der Waals surface area contributed by atoms with Crippen LogP contribution >= 0.6 is 11.3 Å². The molecule has 0 aliphatic rings. The third-order valence-corrected chi connectivity index (χ3v) is 3.09. The quantitative estimate of drug-likeness (QED) is 0.929. The van der Waals surface area contributed by atoms with E-state index in [1.807, 2.05) is 13.0 Å². The van der Waals surface area contributed by atoms with E-state index < -0.39 is 0 Å². The Morgan fingerprint density at radius 1 is 1.53 bits per heavy atom. The Hall–Kier alpha value is -2.39. The van der Waals surface area contributed by atoms with Gasteiger partial charge in [-0.25, -0.2) is 4.98 Å². The number of nitrogens with zero attached hydrogens (tertiary/aromatic N) is 2. The van der Waals surface area contributed by atoms with Gasteiger partial charge >= 0.3 is 0 Å². The monoisotopic (exact) mass is 273 g/mol. The normalized spacial score (nSPS) is 9.68. The summed E-state index contributed by atoms with van der Waals surface area (Å²) in [7, 11) is 0. The van der Waals surface area contributed by atoms with E-state index >= 15 is 0 Å². The molecule has 0 fully saturated rings. The van der Waals surface area contributed by atoms with Crippen LogP contribution in [0.3, 0.4) is 0 Å². The summed E-state index contributed by atoms with van der Waals surface area (Å²) in [5.74, 6) is 0.0812. The number of amides is 1. The SMILES string of the molecule is Cc1cnc(NC(=O)c2ccccc2OCC#N)s1. The van der Waals surface area contributed by atoms with Crippen molar-refractivity contribution in [2.75, 3.05) is 11.9 Å². The number of carbonyl (C=O) groups is 1. The number of carbonyl (C=O) groups excluding carboxylic acids is 1. The Balaban J connectivity index is 2.16. The highest BCUT2D eigenvalue weighted by Gasteiger charge is 2.13. The Labute approximate surface area is 114 Å². The van der Waals surface area contributed by atoms with Gasteiger partial charge in [-0.2, -0.15) is 5.26 Å². The molecule has 5 nitrogen and oxygen atoms in total. The average molecular weight is 273 g/mol. The zero-order valence-corrected chi connectivity index (χ0v) is 11.0. The minimum absolute atomic E-state index is 0.0966. The molecule has 19 heavy (non-hydrogen) atoms. The maximum Gasteiger partial charge on any atom is 0.261 e. The fourth-order valence-electron chi connectivity index (χ4n) is 1.47. The van der Waals surface area contributed by atoms with E-state index in [1.54, 1.807) is 30.5 Å². The Morgan fingerprint density at radius 2 is 2.32 bits per heavy atom. The highest BCUT2D eigenvalue weighted by atomic mass is 32.1.